The van der Waals surface area contributed by atoms with Gasteiger partial charge in [-0.05, 0) is 0 Å². The van der Waals surface area contributed by atoms with Gasteiger partial charge in [0.1, 0.15) is 0 Å². The van der Waals surface area contributed by atoms with Crippen LogP contribution in [0.15, 0.2) is 36.4 Å². The van der Waals surface area contributed by atoms with E-state index in [0.717, 1.165) is 0 Å². The third kappa shape index (κ3) is 3.11. The van der Waals surface area contributed by atoms with Crippen molar-refractivity contribution in [3.05, 3.63) is 48.9 Å². The molecule has 0 unspecified atom stereocenters. The molecule has 1 aromatic carbocycles. The van der Waals surface area contributed by atoms with Gasteiger partial charge in [0.15, 0.2) is 0 Å². The van der Waals surface area contributed by atoms with E-state index in [1.807, 2.05) is 36.4 Å². The molecule has 1 rings (SSSR count). The first-order chi connectivity index (χ1) is 4.43. The molecule has 0 saturated carbocycles. The second-order valence-electron chi connectivity index (χ2n) is 1.81. The third-order valence-corrected chi connectivity index (χ3v) is 1.11. The molecule has 0 saturated heterocycles. The molecular weight excluding hydrogens is 131 g/mol. The molecule has 1 aromatic rings. The molecule has 1 heteroatoms. The second-order valence-corrected chi connectivity index (χ2v) is 1.81. The Balaban J connectivity index is 0.000000810. The fraction of sp³-hybridized carbons (Fsp3) is 0. The Labute approximate surface area is 84.3 Å². The summed E-state index contributed by atoms with van der Waals surface area (Å²) in [6, 6.07) is 10.1. The summed E-state index contributed by atoms with van der Waals surface area (Å²) in [6.45, 7) is 3.60. The molecule has 0 nitrogen and oxygen atoms in total. The fourth-order valence-corrected chi connectivity index (χ4v) is 0.700. The summed E-state index contributed by atoms with van der Waals surface area (Å²) in [5.41, 5.74) is 1.20. The average molecular weight is 140 g/mol. The van der Waals surface area contributed by atoms with Crippen molar-refractivity contribution in [1.29, 1.82) is 0 Å². The molecule has 0 spiro atoms. The standard InChI is InChI=1S/C9H9.Na/c1-2-6-9-7-4-3-5-8-9;/h2-8H,1H2;/q-1;+1/b6-2+;. The molecule has 0 atom stereocenters. The Morgan fingerprint density at radius 1 is 1.10 bits per heavy atom. The van der Waals surface area contributed by atoms with Crippen molar-refractivity contribution in [2.45, 2.75) is 0 Å². The quantitative estimate of drug-likeness (QED) is 0.366. The van der Waals surface area contributed by atoms with Crippen molar-refractivity contribution in [2.24, 2.45) is 0 Å². The zero-order chi connectivity index (χ0) is 6.53. The number of hydrogen-bond acceptors (Lipinski definition) is 0. The summed E-state index contributed by atoms with van der Waals surface area (Å²) in [5, 5.41) is 0. The molecule has 0 aliphatic carbocycles. The van der Waals surface area contributed by atoms with Gasteiger partial charge in [0.25, 0.3) is 0 Å². The van der Waals surface area contributed by atoms with Gasteiger partial charge < -0.3 is 0 Å². The van der Waals surface area contributed by atoms with E-state index in [9.17, 15) is 0 Å². The van der Waals surface area contributed by atoms with Gasteiger partial charge in [-0.15, -0.1) is 5.56 Å². The molecule has 0 fully saturated rings. The summed E-state index contributed by atoms with van der Waals surface area (Å²) in [6.07, 6.45) is 3.76. The van der Waals surface area contributed by atoms with Crippen LogP contribution in [0, 0.1) is 6.92 Å². The molecular formula is C9H9Na. The monoisotopic (exact) mass is 140 g/mol. The van der Waals surface area contributed by atoms with Crippen molar-refractivity contribution in [3.8, 4) is 0 Å². The van der Waals surface area contributed by atoms with Crippen LogP contribution in [-0.2, 0) is 0 Å². The molecule has 0 N–H and O–H groups in total. The summed E-state index contributed by atoms with van der Waals surface area (Å²) in [7, 11) is 0. The summed E-state index contributed by atoms with van der Waals surface area (Å²) in [4.78, 5) is 0. The maximum absolute atomic E-state index is 3.60. The topological polar surface area (TPSA) is 0 Å². The zero-order valence-electron chi connectivity index (χ0n) is 6.25. The maximum Gasteiger partial charge on any atom is 1.00 e. The van der Waals surface area contributed by atoms with Crippen molar-refractivity contribution in [2.75, 3.05) is 0 Å². The molecule has 0 radical (unpaired) electrons. The minimum Gasteiger partial charge on any atom is -0.245 e. The number of hydrogen-bond donors (Lipinski definition) is 0. The Morgan fingerprint density at radius 2 is 1.70 bits per heavy atom. The first kappa shape index (κ1) is 9.83. The largest absolute Gasteiger partial charge is 1.00 e. The van der Waals surface area contributed by atoms with Gasteiger partial charge in [-0.25, -0.2) is 19.1 Å². The van der Waals surface area contributed by atoms with Crippen molar-refractivity contribution in [3.63, 3.8) is 0 Å². The van der Waals surface area contributed by atoms with E-state index in [1.54, 1.807) is 6.08 Å². The Bertz CT molecular complexity index is 189. The Hall–Kier alpha value is -0.170. The molecule has 0 amide bonds. The van der Waals surface area contributed by atoms with Gasteiger partial charge in [-0.3, -0.25) is 0 Å². The van der Waals surface area contributed by atoms with Gasteiger partial charge in [0.2, 0.25) is 0 Å². The van der Waals surface area contributed by atoms with Gasteiger partial charge >= 0.3 is 29.6 Å². The van der Waals surface area contributed by atoms with E-state index in [4.69, 9.17) is 0 Å². The van der Waals surface area contributed by atoms with E-state index in [2.05, 4.69) is 6.92 Å². The van der Waals surface area contributed by atoms with E-state index in [0.29, 0.717) is 0 Å². The van der Waals surface area contributed by atoms with Gasteiger partial charge in [0.05, 0.1) is 0 Å². The Morgan fingerprint density at radius 3 is 2.20 bits per heavy atom. The fourth-order valence-electron chi connectivity index (χ4n) is 0.700. The average Bonchev–Trinajstić information content (AvgIpc) is 1.91. The van der Waals surface area contributed by atoms with Gasteiger partial charge in [-0.1, -0.05) is 30.3 Å². The van der Waals surface area contributed by atoms with Crippen LogP contribution in [0.5, 0.6) is 0 Å². The predicted molar refractivity (Wildman–Crippen MR) is 40.8 cm³/mol. The summed E-state index contributed by atoms with van der Waals surface area (Å²) >= 11 is 0. The Kier molecular flexibility index (Phi) is 5.51. The van der Waals surface area contributed by atoms with Gasteiger partial charge in [0, 0.05) is 0 Å². The van der Waals surface area contributed by atoms with E-state index in [1.165, 1.54) is 5.56 Å². The predicted octanol–water partition coefficient (Wildman–Crippen LogP) is -0.462. The van der Waals surface area contributed by atoms with Gasteiger partial charge in [-0.2, -0.15) is 0 Å². The molecule has 0 aliphatic heterocycles. The third-order valence-electron chi connectivity index (χ3n) is 1.11. The number of rotatable bonds is 1. The van der Waals surface area contributed by atoms with E-state index < -0.39 is 0 Å². The van der Waals surface area contributed by atoms with E-state index in [-0.39, 0.29) is 29.6 Å². The molecule has 10 heavy (non-hydrogen) atoms. The van der Waals surface area contributed by atoms with Crippen LogP contribution in [-0.4, -0.2) is 0 Å². The number of benzene rings is 1. The first-order valence-electron chi connectivity index (χ1n) is 2.94. The molecule has 0 aromatic heterocycles. The maximum atomic E-state index is 3.60. The molecule has 46 valence electrons. The summed E-state index contributed by atoms with van der Waals surface area (Å²) in [5.74, 6) is 0. The minimum atomic E-state index is 0. The van der Waals surface area contributed by atoms with Crippen molar-refractivity contribution >= 4 is 6.08 Å². The molecule has 0 bridgehead atoms. The van der Waals surface area contributed by atoms with Crippen LogP contribution in [0.25, 0.3) is 6.08 Å². The summed E-state index contributed by atoms with van der Waals surface area (Å²) < 4.78 is 0. The van der Waals surface area contributed by atoms with Crippen LogP contribution in [0.3, 0.4) is 0 Å². The first-order valence-corrected chi connectivity index (χ1v) is 2.94. The molecule has 0 aliphatic rings. The normalized spacial score (nSPS) is 9.20. The number of allylic oxidation sites excluding steroid dienone is 1. The smallest absolute Gasteiger partial charge is 0.245 e. The van der Waals surface area contributed by atoms with Crippen LogP contribution in [0.2, 0.25) is 0 Å². The second kappa shape index (κ2) is 5.60. The van der Waals surface area contributed by atoms with Crippen molar-refractivity contribution < 1.29 is 29.6 Å². The van der Waals surface area contributed by atoms with Crippen molar-refractivity contribution in [1.82, 2.24) is 0 Å². The van der Waals surface area contributed by atoms with Crippen LogP contribution < -0.4 is 29.6 Å². The van der Waals surface area contributed by atoms with E-state index >= 15 is 0 Å². The van der Waals surface area contributed by atoms with Crippen LogP contribution in [0.1, 0.15) is 5.56 Å². The zero-order valence-corrected chi connectivity index (χ0v) is 8.25. The molecule has 0 heterocycles. The SMILES string of the molecule is [CH2-]/C=C/c1ccccc1.[Na+]. The van der Waals surface area contributed by atoms with Crippen LogP contribution in [0.4, 0.5) is 0 Å². The minimum absolute atomic E-state index is 0. The van der Waals surface area contributed by atoms with Crippen LogP contribution >= 0.6 is 0 Å².